The van der Waals surface area contributed by atoms with Gasteiger partial charge in [0.15, 0.2) is 0 Å². The first-order valence-corrected chi connectivity index (χ1v) is 9.49. The molecule has 0 aromatic heterocycles. The molecule has 2 aromatic rings. The van der Waals surface area contributed by atoms with Crippen LogP contribution in [-0.4, -0.2) is 21.1 Å². The first-order valence-electron chi connectivity index (χ1n) is 8.38. The summed E-state index contributed by atoms with van der Waals surface area (Å²) in [6, 6.07) is 14.1. The zero-order valence-corrected chi connectivity index (χ0v) is 14.8. The summed E-state index contributed by atoms with van der Waals surface area (Å²) in [6.07, 6.45) is -2.13. The molecule has 2 aromatic carbocycles. The van der Waals surface area contributed by atoms with Crippen LogP contribution in [0.4, 0.5) is 13.2 Å². The van der Waals surface area contributed by atoms with Crippen LogP contribution in [0.25, 0.3) is 0 Å². The fraction of sp³-hybridized carbons (Fsp3) is 0.300. The van der Waals surface area contributed by atoms with E-state index in [1.54, 1.807) is 4.31 Å². The highest BCUT2D eigenvalue weighted by Crippen LogP contribution is 2.35. The average Bonchev–Trinajstić information content (AvgIpc) is 2.66. The highest BCUT2D eigenvalue weighted by atomic mass is 32.2. The van der Waals surface area contributed by atoms with E-state index in [4.69, 9.17) is 0 Å². The summed E-state index contributed by atoms with van der Waals surface area (Å²) in [6.45, 7) is 0.465. The van der Waals surface area contributed by atoms with Crippen LogP contribution in [0.5, 0.6) is 0 Å². The highest BCUT2D eigenvalue weighted by Gasteiger charge is 2.37. The van der Waals surface area contributed by atoms with E-state index in [1.807, 2.05) is 30.3 Å². The van der Waals surface area contributed by atoms with Crippen molar-refractivity contribution in [3.63, 3.8) is 0 Å². The molecule has 0 aliphatic carbocycles. The lowest BCUT2D eigenvalue weighted by atomic mass is 10.1. The van der Waals surface area contributed by atoms with Crippen molar-refractivity contribution in [3.05, 3.63) is 65.7 Å². The number of piperidine rings is 1. The molecule has 2 nitrogen and oxygen atoms in total. The van der Waals surface area contributed by atoms with Crippen molar-refractivity contribution in [1.82, 2.24) is 4.31 Å². The van der Waals surface area contributed by atoms with Crippen LogP contribution in [0.3, 0.4) is 0 Å². The molecular weight excluding hydrogens is 359 g/mol. The summed E-state index contributed by atoms with van der Waals surface area (Å²) in [7, 11) is -1.90. The number of hydrogen-bond donors (Lipinski definition) is 0. The van der Waals surface area contributed by atoms with Gasteiger partial charge < -0.3 is 0 Å². The van der Waals surface area contributed by atoms with E-state index in [9.17, 15) is 17.4 Å². The molecule has 0 bridgehead atoms. The predicted octanol–water partition coefficient (Wildman–Crippen LogP) is 4.63. The second kappa shape index (κ2) is 8.07. The van der Waals surface area contributed by atoms with Gasteiger partial charge in [-0.15, -0.1) is 0 Å². The summed E-state index contributed by atoms with van der Waals surface area (Å²) in [5, 5.41) is 0. The summed E-state index contributed by atoms with van der Waals surface area (Å²) >= 11 is 0. The summed E-state index contributed by atoms with van der Waals surface area (Å²) in [5.74, 6) is 6.15. The summed E-state index contributed by atoms with van der Waals surface area (Å²) in [4.78, 5) is -0.201. The van der Waals surface area contributed by atoms with Crippen molar-refractivity contribution in [2.75, 3.05) is 6.54 Å². The average molecular weight is 377 g/mol. The van der Waals surface area contributed by atoms with Crippen molar-refractivity contribution in [2.24, 2.45) is 0 Å². The van der Waals surface area contributed by atoms with Gasteiger partial charge in [0.25, 0.3) is 0 Å². The summed E-state index contributed by atoms with van der Waals surface area (Å²) in [5.41, 5.74) is -0.0156. The highest BCUT2D eigenvalue weighted by molar-refractivity contribution is 7.82. The SMILES string of the molecule is O=S(c1ccccc1C(F)(F)F)N1CCCC[C@H]1C#Cc1ccccc1. The first-order chi connectivity index (χ1) is 12.5. The molecule has 0 amide bonds. The molecule has 0 saturated carbocycles. The van der Waals surface area contributed by atoms with Gasteiger partial charge in [0.1, 0.15) is 11.0 Å². The van der Waals surface area contributed by atoms with E-state index < -0.39 is 22.7 Å². The van der Waals surface area contributed by atoms with Crippen molar-refractivity contribution >= 4 is 11.0 Å². The third kappa shape index (κ3) is 4.35. The molecule has 3 rings (SSSR count). The fourth-order valence-electron chi connectivity index (χ4n) is 2.92. The van der Waals surface area contributed by atoms with Crippen molar-refractivity contribution in [2.45, 2.75) is 36.4 Å². The minimum absolute atomic E-state index is 0.201. The second-order valence-corrected chi connectivity index (χ2v) is 7.44. The van der Waals surface area contributed by atoms with E-state index in [2.05, 4.69) is 11.8 Å². The first kappa shape index (κ1) is 18.7. The lowest BCUT2D eigenvalue weighted by Gasteiger charge is -2.31. The minimum Gasteiger partial charge on any atom is -0.237 e. The Morgan fingerprint density at radius 1 is 1.00 bits per heavy atom. The Morgan fingerprint density at radius 2 is 1.69 bits per heavy atom. The maximum Gasteiger partial charge on any atom is 0.417 e. The van der Waals surface area contributed by atoms with Gasteiger partial charge in [-0.1, -0.05) is 42.2 Å². The van der Waals surface area contributed by atoms with E-state index in [1.165, 1.54) is 18.2 Å². The van der Waals surface area contributed by atoms with Gasteiger partial charge in [-0.2, -0.15) is 13.2 Å². The lowest BCUT2D eigenvalue weighted by Crippen LogP contribution is -2.40. The molecule has 6 heteroatoms. The number of halogens is 3. The number of rotatable bonds is 2. The van der Waals surface area contributed by atoms with Gasteiger partial charge in [-0.05, 0) is 43.5 Å². The van der Waals surface area contributed by atoms with Crippen molar-refractivity contribution < 1.29 is 17.4 Å². The predicted molar refractivity (Wildman–Crippen MR) is 95.5 cm³/mol. The van der Waals surface area contributed by atoms with Gasteiger partial charge in [0.05, 0.1) is 16.5 Å². The van der Waals surface area contributed by atoms with Crippen LogP contribution < -0.4 is 0 Å². The van der Waals surface area contributed by atoms with Crippen molar-refractivity contribution in [1.29, 1.82) is 0 Å². The number of alkyl halides is 3. The molecule has 136 valence electrons. The van der Waals surface area contributed by atoms with E-state index in [-0.39, 0.29) is 10.9 Å². The maximum absolute atomic E-state index is 13.3. The van der Waals surface area contributed by atoms with Crippen LogP contribution in [0.15, 0.2) is 59.5 Å². The minimum atomic E-state index is -4.53. The topological polar surface area (TPSA) is 20.3 Å². The molecule has 1 aliphatic heterocycles. The molecule has 1 aliphatic rings. The third-order valence-electron chi connectivity index (χ3n) is 4.20. The van der Waals surface area contributed by atoms with Crippen LogP contribution in [-0.2, 0) is 17.2 Å². The Morgan fingerprint density at radius 3 is 2.42 bits per heavy atom. The smallest absolute Gasteiger partial charge is 0.237 e. The summed E-state index contributed by atoms with van der Waals surface area (Å²) < 4.78 is 54.3. The van der Waals surface area contributed by atoms with E-state index in [0.29, 0.717) is 13.0 Å². The molecule has 1 unspecified atom stereocenters. The van der Waals surface area contributed by atoms with Crippen LogP contribution in [0.2, 0.25) is 0 Å². The molecule has 0 N–H and O–H groups in total. The number of benzene rings is 2. The second-order valence-electron chi connectivity index (χ2n) is 6.03. The standard InChI is InChI=1S/C20H18F3NOS/c21-20(22,23)18-11-4-5-12-19(18)26(25)24-15-7-6-10-17(24)14-13-16-8-2-1-3-9-16/h1-5,8-9,11-12,17H,6-7,10,15H2/t17-,26?/m0/s1. The Balaban J connectivity index is 1.89. The van der Waals surface area contributed by atoms with Gasteiger partial charge >= 0.3 is 6.18 Å². The Kier molecular flexibility index (Phi) is 5.80. The molecule has 2 atom stereocenters. The van der Waals surface area contributed by atoms with Gasteiger partial charge in [0.2, 0.25) is 0 Å². The molecule has 1 heterocycles. The molecule has 0 spiro atoms. The Bertz CT molecular complexity index is 839. The quantitative estimate of drug-likeness (QED) is 0.699. The normalized spacial score (nSPS) is 19.4. The van der Waals surface area contributed by atoms with E-state index >= 15 is 0 Å². The number of hydrogen-bond acceptors (Lipinski definition) is 1. The van der Waals surface area contributed by atoms with Gasteiger partial charge in [-0.25, -0.2) is 8.51 Å². The number of nitrogens with zero attached hydrogens (tertiary/aromatic N) is 1. The molecule has 26 heavy (non-hydrogen) atoms. The Labute approximate surface area is 153 Å². The largest absolute Gasteiger partial charge is 0.417 e. The van der Waals surface area contributed by atoms with E-state index in [0.717, 1.165) is 24.5 Å². The molecular formula is C20H18F3NOS. The fourth-order valence-corrected chi connectivity index (χ4v) is 4.42. The molecule has 0 radical (unpaired) electrons. The van der Waals surface area contributed by atoms with Crippen LogP contribution in [0, 0.1) is 11.8 Å². The lowest BCUT2D eigenvalue weighted by molar-refractivity contribution is -0.139. The molecule has 1 saturated heterocycles. The molecule has 1 fully saturated rings. The van der Waals surface area contributed by atoms with Crippen LogP contribution >= 0.6 is 0 Å². The third-order valence-corrected chi connectivity index (χ3v) is 5.80. The van der Waals surface area contributed by atoms with Gasteiger partial charge in [0, 0.05) is 12.1 Å². The van der Waals surface area contributed by atoms with Crippen LogP contribution in [0.1, 0.15) is 30.4 Å². The Hall–Kier alpha value is -2.10. The monoisotopic (exact) mass is 377 g/mol. The zero-order valence-electron chi connectivity index (χ0n) is 14.0. The van der Waals surface area contributed by atoms with Gasteiger partial charge in [-0.3, -0.25) is 0 Å². The van der Waals surface area contributed by atoms with Crippen molar-refractivity contribution in [3.8, 4) is 11.8 Å². The zero-order chi connectivity index (χ0) is 18.6. The maximum atomic E-state index is 13.3.